The highest BCUT2D eigenvalue weighted by molar-refractivity contribution is 5.36. The SMILES string of the molecule is CN(C)CC1CCCN1Cc1ccc(C#CCN)cc1. The Morgan fingerprint density at radius 2 is 2.05 bits per heavy atom. The Morgan fingerprint density at radius 3 is 2.70 bits per heavy atom. The van der Waals surface area contributed by atoms with Crippen molar-refractivity contribution in [3.05, 3.63) is 35.4 Å². The lowest BCUT2D eigenvalue weighted by Gasteiger charge is -2.27. The lowest BCUT2D eigenvalue weighted by molar-refractivity contribution is 0.201. The number of nitrogens with two attached hydrogens (primary N) is 1. The molecule has 1 aliphatic heterocycles. The van der Waals surface area contributed by atoms with Crippen LogP contribution in [0.4, 0.5) is 0 Å². The van der Waals surface area contributed by atoms with E-state index < -0.39 is 0 Å². The van der Waals surface area contributed by atoms with Gasteiger partial charge in [0.25, 0.3) is 0 Å². The van der Waals surface area contributed by atoms with E-state index in [4.69, 9.17) is 5.73 Å². The fourth-order valence-corrected chi connectivity index (χ4v) is 2.81. The maximum Gasteiger partial charge on any atom is 0.0555 e. The highest BCUT2D eigenvalue weighted by Gasteiger charge is 2.24. The Kier molecular flexibility index (Phi) is 5.60. The summed E-state index contributed by atoms with van der Waals surface area (Å²) in [7, 11) is 4.31. The van der Waals surface area contributed by atoms with E-state index in [1.165, 1.54) is 24.9 Å². The summed E-state index contributed by atoms with van der Waals surface area (Å²) >= 11 is 0. The topological polar surface area (TPSA) is 32.5 Å². The quantitative estimate of drug-likeness (QED) is 0.843. The van der Waals surface area contributed by atoms with Crippen LogP contribution in [0.3, 0.4) is 0 Å². The molecule has 0 aliphatic carbocycles. The largest absolute Gasteiger partial charge is 0.320 e. The average Bonchev–Trinajstić information content (AvgIpc) is 2.84. The van der Waals surface area contributed by atoms with Crippen molar-refractivity contribution < 1.29 is 0 Å². The van der Waals surface area contributed by atoms with Gasteiger partial charge >= 0.3 is 0 Å². The summed E-state index contributed by atoms with van der Waals surface area (Å²) in [5, 5.41) is 0. The summed E-state index contributed by atoms with van der Waals surface area (Å²) < 4.78 is 0. The van der Waals surface area contributed by atoms with Crippen molar-refractivity contribution in [3.63, 3.8) is 0 Å². The standard InChI is InChI=1S/C17H25N3/c1-19(2)14-17-6-4-12-20(17)13-16-9-7-15(8-10-16)5-3-11-18/h7-10,17H,4,6,11-14,18H2,1-2H3. The summed E-state index contributed by atoms with van der Waals surface area (Å²) in [6.45, 7) is 3.83. The second-order valence-corrected chi connectivity index (χ2v) is 5.73. The third-order valence-electron chi connectivity index (χ3n) is 3.75. The van der Waals surface area contributed by atoms with E-state index in [1.54, 1.807) is 0 Å². The molecule has 0 amide bonds. The van der Waals surface area contributed by atoms with Crippen molar-refractivity contribution in [2.24, 2.45) is 5.73 Å². The molecule has 1 aliphatic rings. The third kappa shape index (κ3) is 4.35. The van der Waals surface area contributed by atoms with Gasteiger partial charge in [0.05, 0.1) is 6.54 Å². The van der Waals surface area contributed by atoms with Gasteiger partial charge in [0.2, 0.25) is 0 Å². The molecule has 2 N–H and O–H groups in total. The van der Waals surface area contributed by atoms with Gasteiger partial charge in [0, 0.05) is 24.7 Å². The van der Waals surface area contributed by atoms with E-state index in [2.05, 4.69) is 60.0 Å². The van der Waals surface area contributed by atoms with E-state index in [0.29, 0.717) is 12.6 Å². The predicted octanol–water partition coefficient (Wildman–Crippen LogP) is 1.52. The molecule has 0 bridgehead atoms. The van der Waals surface area contributed by atoms with Gasteiger partial charge in [-0.15, -0.1) is 0 Å². The molecular weight excluding hydrogens is 246 g/mol. The fourth-order valence-electron chi connectivity index (χ4n) is 2.81. The van der Waals surface area contributed by atoms with Gasteiger partial charge in [-0.1, -0.05) is 24.0 Å². The molecule has 0 aromatic heterocycles. The van der Waals surface area contributed by atoms with Gasteiger partial charge in [-0.2, -0.15) is 0 Å². The van der Waals surface area contributed by atoms with Gasteiger partial charge in [-0.3, -0.25) is 4.90 Å². The van der Waals surface area contributed by atoms with Crippen LogP contribution in [0, 0.1) is 11.8 Å². The molecule has 0 spiro atoms. The van der Waals surface area contributed by atoms with Crippen LogP contribution >= 0.6 is 0 Å². The van der Waals surface area contributed by atoms with Crippen LogP contribution in [-0.4, -0.2) is 49.6 Å². The third-order valence-corrected chi connectivity index (χ3v) is 3.75. The smallest absolute Gasteiger partial charge is 0.0555 e. The minimum absolute atomic E-state index is 0.418. The molecule has 0 radical (unpaired) electrons. The molecular formula is C17H25N3. The molecule has 108 valence electrons. The van der Waals surface area contributed by atoms with Crippen molar-refractivity contribution in [1.29, 1.82) is 0 Å². The van der Waals surface area contributed by atoms with Crippen LogP contribution in [0.25, 0.3) is 0 Å². The zero-order valence-electron chi connectivity index (χ0n) is 12.6. The van der Waals surface area contributed by atoms with Crippen molar-refractivity contribution in [2.75, 3.05) is 33.7 Å². The fraction of sp³-hybridized carbons (Fsp3) is 0.529. The molecule has 20 heavy (non-hydrogen) atoms. The highest BCUT2D eigenvalue weighted by Crippen LogP contribution is 2.20. The van der Waals surface area contributed by atoms with Crippen molar-refractivity contribution in [1.82, 2.24) is 9.80 Å². The predicted molar refractivity (Wildman–Crippen MR) is 84.4 cm³/mol. The summed E-state index contributed by atoms with van der Waals surface area (Å²) in [6, 6.07) is 9.25. The zero-order chi connectivity index (χ0) is 14.4. The maximum atomic E-state index is 5.39. The van der Waals surface area contributed by atoms with Crippen LogP contribution in [0.5, 0.6) is 0 Å². The summed E-state index contributed by atoms with van der Waals surface area (Å²) in [5.41, 5.74) is 7.80. The van der Waals surface area contributed by atoms with Crippen LogP contribution in [-0.2, 0) is 6.54 Å². The lowest BCUT2D eigenvalue weighted by atomic mass is 10.1. The normalized spacial score (nSPS) is 19.1. The van der Waals surface area contributed by atoms with Crippen molar-refractivity contribution >= 4 is 0 Å². The first-order valence-electron chi connectivity index (χ1n) is 7.35. The molecule has 1 unspecified atom stereocenters. The maximum absolute atomic E-state index is 5.39. The molecule has 1 saturated heterocycles. The van der Waals surface area contributed by atoms with E-state index in [0.717, 1.165) is 18.7 Å². The number of likely N-dealkylation sites (N-methyl/N-ethyl adjacent to an activating group) is 1. The molecule has 1 aromatic carbocycles. The highest BCUT2D eigenvalue weighted by atomic mass is 15.2. The van der Waals surface area contributed by atoms with Gasteiger partial charge < -0.3 is 10.6 Å². The minimum atomic E-state index is 0.418. The summed E-state index contributed by atoms with van der Waals surface area (Å²) in [4.78, 5) is 4.88. The van der Waals surface area contributed by atoms with Crippen LogP contribution in [0.15, 0.2) is 24.3 Å². The first-order chi connectivity index (χ1) is 9.69. The first kappa shape index (κ1) is 15.1. The average molecular weight is 271 g/mol. The number of hydrogen-bond donors (Lipinski definition) is 1. The molecule has 2 rings (SSSR count). The van der Waals surface area contributed by atoms with E-state index in [1.807, 2.05) is 0 Å². The Morgan fingerprint density at radius 1 is 1.30 bits per heavy atom. The van der Waals surface area contributed by atoms with Gasteiger partial charge in [-0.25, -0.2) is 0 Å². The van der Waals surface area contributed by atoms with Crippen molar-refractivity contribution in [3.8, 4) is 11.8 Å². The zero-order valence-corrected chi connectivity index (χ0v) is 12.6. The Labute approximate surface area is 122 Å². The number of rotatable bonds is 4. The molecule has 0 saturated carbocycles. The first-order valence-corrected chi connectivity index (χ1v) is 7.35. The summed E-state index contributed by atoms with van der Waals surface area (Å²) in [5.74, 6) is 5.95. The molecule has 3 heteroatoms. The van der Waals surface area contributed by atoms with Crippen LogP contribution in [0.2, 0.25) is 0 Å². The molecule has 1 fully saturated rings. The van der Waals surface area contributed by atoms with Gasteiger partial charge in [0.1, 0.15) is 0 Å². The Balaban J connectivity index is 1.95. The minimum Gasteiger partial charge on any atom is -0.320 e. The van der Waals surface area contributed by atoms with Crippen molar-refractivity contribution in [2.45, 2.75) is 25.4 Å². The lowest BCUT2D eigenvalue weighted by Crippen LogP contribution is -2.37. The molecule has 1 atom stereocenters. The van der Waals surface area contributed by atoms with E-state index >= 15 is 0 Å². The monoisotopic (exact) mass is 271 g/mol. The number of benzene rings is 1. The summed E-state index contributed by atoms with van der Waals surface area (Å²) in [6.07, 6.45) is 2.64. The molecule has 1 heterocycles. The Bertz CT molecular complexity index is 467. The number of nitrogens with zero attached hydrogens (tertiary/aromatic N) is 2. The van der Waals surface area contributed by atoms with Gasteiger partial charge in [-0.05, 0) is 51.2 Å². The Hall–Kier alpha value is -1.34. The van der Waals surface area contributed by atoms with Gasteiger partial charge in [0.15, 0.2) is 0 Å². The second kappa shape index (κ2) is 7.44. The number of likely N-dealkylation sites (tertiary alicyclic amines) is 1. The van der Waals surface area contributed by atoms with Crippen LogP contribution in [0.1, 0.15) is 24.0 Å². The number of hydrogen-bond acceptors (Lipinski definition) is 3. The molecule has 3 nitrogen and oxygen atoms in total. The molecule has 1 aromatic rings. The van der Waals surface area contributed by atoms with Crippen LogP contribution < -0.4 is 5.73 Å². The second-order valence-electron chi connectivity index (χ2n) is 5.73. The van der Waals surface area contributed by atoms with E-state index in [-0.39, 0.29) is 0 Å². The van der Waals surface area contributed by atoms with E-state index in [9.17, 15) is 0 Å².